The molecule has 2 saturated carbocycles. The lowest BCUT2D eigenvalue weighted by Gasteiger charge is -2.23. The Hall–Kier alpha value is -1.29. The van der Waals surface area contributed by atoms with Crippen molar-refractivity contribution in [1.29, 1.82) is 0 Å². The third-order valence-electron chi connectivity index (χ3n) is 6.14. The Morgan fingerprint density at radius 1 is 1.27 bits per heavy atom. The Morgan fingerprint density at radius 3 is 2.95 bits per heavy atom. The molecule has 1 aliphatic heterocycles. The molecule has 1 aromatic rings. The number of nitrogens with zero attached hydrogens (tertiary/aromatic N) is 2. The van der Waals surface area contributed by atoms with Crippen LogP contribution in [0.1, 0.15) is 32.1 Å². The van der Waals surface area contributed by atoms with E-state index >= 15 is 0 Å². The van der Waals surface area contributed by atoms with Gasteiger partial charge in [0.25, 0.3) is 0 Å². The summed E-state index contributed by atoms with van der Waals surface area (Å²) in [6.45, 7) is 3.35. The average molecular weight is 300 g/mol. The van der Waals surface area contributed by atoms with Gasteiger partial charge < -0.3 is 15.5 Å². The highest BCUT2D eigenvalue weighted by molar-refractivity contribution is 5.54. The molecule has 1 saturated heterocycles. The van der Waals surface area contributed by atoms with E-state index in [1.54, 1.807) is 0 Å². The quantitative estimate of drug-likeness (QED) is 0.877. The van der Waals surface area contributed by atoms with E-state index in [-0.39, 0.29) is 0 Å². The van der Waals surface area contributed by atoms with Crippen molar-refractivity contribution < 1.29 is 0 Å². The third kappa shape index (κ3) is 2.81. The van der Waals surface area contributed by atoms with Crippen molar-refractivity contribution >= 4 is 11.5 Å². The van der Waals surface area contributed by atoms with E-state index in [4.69, 9.17) is 0 Å². The summed E-state index contributed by atoms with van der Waals surface area (Å²) >= 11 is 0. The Labute approximate surface area is 133 Å². The molecule has 4 nitrogen and oxygen atoms in total. The standard InChI is InChI=1S/C18H28N4/c1-19-16-5-7-22(12-16)17-4-6-20-18(10-17)21-11-15-9-13-2-3-14(15)8-13/h4,6,10,13-16,19H,2-3,5,7-9,11-12H2,1H3,(H,20,21). The normalized spacial score (nSPS) is 33.6. The first-order chi connectivity index (χ1) is 10.8. The molecule has 120 valence electrons. The first kappa shape index (κ1) is 14.3. The molecule has 1 aromatic heterocycles. The maximum Gasteiger partial charge on any atom is 0.127 e. The highest BCUT2D eigenvalue weighted by atomic mass is 15.2. The highest BCUT2D eigenvalue weighted by Gasteiger charge is 2.39. The van der Waals surface area contributed by atoms with Gasteiger partial charge >= 0.3 is 0 Å². The zero-order chi connectivity index (χ0) is 14.9. The van der Waals surface area contributed by atoms with E-state index in [0.717, 1.165) is 43.2 Å². The number of anilines is 2. The molecule has 4 rings (SSSR count). The predicted molar refractivity (Wildman–Crippen MR) is 91.3 cm³/mol. The number of pyridine rings is 1. The second-order valence-electron chi connectivity index (χ2n) is 7.44. The summed E-state index contributed by atoms with van der Waals surface area (Å²) in [4.78, 5) is 6.98. The summed E-state index contributed by atoms with van der Waals surface area (Å²) in [5.41, 5.74) is 1.31. The summed E-state index contributed by atoms with van der Waals surface area (Å²) in [7, 11) is 2.06. The van der Waals surface area contributed by atoms with Gasteiger partial charge in [-0.25, -0.2) is 4.98 Å². The monoisotopic (exact) mass is 300 g/mol. The predicted octanol–water partition coefficient (Wildman–Crippen LogP) is 2.73. The van der Waals surface area contributed by atoms with Crippen molar-refractivity contribution in [3.05, 3.63) is 18.3 Å². The number of hydrogen-bond acceptors (Lipinski definition) is 4. The summed E-state index contributed by atoms with van der Waals surface area (Å²) in [6, 6.07) is 4.99. The molecule has 22 heavy (non-hydrogen) atoms. The second kappa shape index (κ2) is 6.07. The van der Waals surface area contributed by atoms with E-state index in [0.29, 0.717) is 6.04 Å². The topological polar surface area (TPSA) is 40.2 Å². The lowest BCUT2D eigenvalue weighted by molar-refractivity contribution is 0.348. The third-order valence-corrected chi connectivity index (χ3v) is 6.14. The molecule has 4 heteroatoms. The first-order valence-corrected chi connectivity index (χ1v) is 8.94. The average Bonchev–Trinajstić information content (AvgIpc) is 3.29. The number of aromatic nitrogens is 1. The van der Waals surface area contributed by atoms with Gasteiger partial charge in [0, 0.05) is 43.6 Å². The largest absolute Gasteiger partial charge is 0.370 e. The molecule has 4 unspecified atom stereocenters. The number of hydrogen-bond donors (Lipinski definition) is 2. The van der Waals surface area contributed by atoms with Crippen LogP contribution in [0.2, 0.25) is 0 Å². The van der Waals surface area contributed by atoms with Crippen molar-refractivity contribution in [3.63, 3.8) is 0 Å². The summed E-state index contributed by atoms with van der Waals surface area (Å²) in [6.07, 6.45) is 9.05. The van der Waals surface area contributed by atoms with Crippen LogP contribution in [0.25, 0.3) is 0 Å². The van der Waals surface area contributed by atoms with Gasteiger partial charge in [-0.05, 0) is 56.6 Å². The van der Waals surface area contributed by atoms with Crippen LogP contribution in [0.3, 0.4) is 0 Å². The van der Waals surface area contributed by atoms with Crippen molar-refractivity contribution in [3.8, 4) is 0 Å². The SMILES string of the molecule is CNC1CCN(c2ccnc(NCC3CC4CCC3C4)c2)C1. The van der Waals surface area contributed by atoms with Crippen LogP contribution < -0.4 is 15.5 Å². The second-order valence-corrected chi connectivity index (χ2v) is 7.44. The Bertz CT molecular complexity index is 518. The summed E-state index contributed by atoms with van der Waals surface area (Å²) < 4.78 is 0. The minimum Gasteiger partial charge on any atom is -0.370 e. The van der Waals surface area contributed by atoms with Gasteiger partial charge in [-0.1, -0.05) is 6.42 Å². The molecular formula is C18H28N4. The molecule has 3 aliphatic rings. The molecule has 0 amide bonds. The molecule has 0 aromatic carbocycles. The van der Waals surface area contributed by atoms with Crippen molar-refractivity contribution in [2.45, 2.75) is 38.1 Å². The molecule has 0 radical (unpaired) electrons. The Kier molecular flexibility index (Phi) is 3.95. The fourth-order valence-corrected chi connectivity index (χ4v) is 4.81. The summed E-state index contributed by atoms with van der Waals surface area (Å²) in [5, 5.41) is 6.99. The van der Waals surface area contributed by atoms with Gasteiger partial charge in [0.2, 0.25) is 0 Å². The van der Waals surface area contributed by atoms with Gasteiger partial charge in [0.1, 0.15) is 5.82 Å². The lowest BCUT2D eigenvalue weighted by Crippen LogP contribution is -2.29. The number of likely N-dealkylation sites (N-methyl/N-ethyl adjacent to an activating group) is 1. The molecule has 2 aliphatic carbocycles. The van der Waals surface area contributed by atoms with Crippen LogP contribution in [-0.4, -0.2) is 37.7 Å². The maximum absolute atomic E-state index is 4.52. The van der Waals surface area contributed by atoms with Crippen LogP contribution in [0.15, 0.2) is 18.3 Å². The lowest BCUT2D eigenvalue weighted by atomic mass is 9.89. The van der Waals surface area contributed by atoms with Crippen LogP contribution in [0, 0.1) is 17.8 Å². The molecule has 2 N–H and O–H groups in total. The Morgan fingerprint density at radius 2 is 2.23 bits per heavy atom. The van der Waals surface area contributed by atoms with Crippen molar-refractivity contribution in [2.24, 2.45) is 17.8 Å². The van der Waals surface area contributed by atoms with Gasteiger partial charge in [0.15, 0.2) is 0 Å². The van der Waals surface area contributed by atoms with Crippen LogP contribution in [0.4, 0.5) is 11.5 Å². The molecule has 0 spiro atoms. The van der Waals surface area contributed by atoms with E-state index < -0.39 is 0 Å². The Balaban J connectivity index is 1.35. The number of fused-ring (bicyclic) bond motifs is 2. The van der Waals surface area contributed by atoms with E-state index in [9.17, 15) is 0 Å². The molecule has 2 heterocycles. The first-order valence-electron chi connectivity index (χ1n) is 8.94. The minimum absolute atomic E-state index is 0.624. The van der Waals surface area contributed by atoms with Gasteiger partial charge in [-0.2, -0.15) is 0 Å². The van der Waals surface area contributed by atoms with E-state index in [2.05, 4.69) is 39.7 Å². The molecular weight excluding hydrogens is 272 g/mol. The van der Waals surface area contributed by atoms with E-state index in [1.165, 1.54) is 37.8 Å². The van der Waals surface area contributed by atoms with Crippen molar-refractivity contribution in [1.82, 2.24) is 10.3 Å². The minimum atomic E-state index is 0.624. The fraction of sp³-hybridized carbons (Fsp3) is 0.722. The van der Waals surface area contributed by atoms with Gasteiger partial charge in [-0.3, -0.25) is 0 Å². The molecule has 2 bridgehead atoms. The zero-order valence-electron chi connectivity index (χ0n) is 13.6. The maximum atomic E-state index is 4.52. The fourth-order valence-electron chi connectivity index (χ4n) is 4.81. The zero-order valence-corrected chi connectivity index (χ0v) is 13.6. The van der Waals surface area contributed by atoms with Crippen LogP contribution >= 0.6 is 0 Å². The molecule has 4 atom stereocenters. The van der Waals surface area contributed by atoms with E-state index in [1.807, 2.05) is 6.20 Å². The van der Waals surface area contributed by atoms with Crippen molar-refractivity contribution in [2.75, 3.05) is 36.9 Å². The number of rotatable bonds is 5. The van der Waals surface area contributed by atoms with Crippen LogP contribution in [-0.2, 0) is 0 Å². The van der Waals surface area contributed by atoms with Gasteiger partial charge in [-0.15, -0.1) is 0 Å². The number of nitrogens with one attached hydrogen (secondary N) is 2. The van der Waals surface area contributed by atoms with Gasteiger partial charge in [0.05, 0.1) is 0 Å². The smallest absolute Gasteiger partial charge is 0.127 e. The summed E-state index contributed by atoms with van der Waals surface area (Å²) in [5.74, 6) is 3.94. The van der Waals surface area contributed by atoms with Crippen LogP contribution in [0.5, 0.6) is 0 Å². The molecule has 3 fully saturated rings. The highest BCUT2D eigenvalue weighted by Crippen LogP contribution is 2.48.